The predicted octanol–water partition coefficient (Wildman–Crippen LogP) is 6.30. The SMILES string of the molecule is C=C1C(CC)=C(CC)c2ccc(OCCCc3ccccc3)cc21. The van der Waals surface area contributed by atoms with Crippen molar-refractivity contribution in [2.75, 3.05) is 6.61 Å². The van der Waals surface area contributed by atoms with Crippen molar-refractivity contribution in [1.29, 1.82) is 0 Å². The van der Waals surface area contributed by atoms with Crippen molar-refractivity contribution in [3.8, 4) is 5.75 Å². The highest BCUT2D eigenvalue weighted by molar-refractivity contribution is 5.99. The summed E-state index contributed by atoms with van der Waals surface area (Å²) in [6.07, 6.45) is 4.19. The molecule has 1 nitrogen and oxygen atoms in total. The molecule has 0 unspecified atom stereocenters. The summed E-state index contributed by atoms with van der Waals surface area (Å²) >= 11 is 0. The minimum absolute atomic E-state index is 0.745. The van der Waals surface area contributed by atoms with Crippen LogP contribution in [0.25, 0.3) is 11.1 Å². The summed E-state index contributed by atoms with van der Waals surface area (Å²) < 4.78 is 5.98. The van der Waals surface area contributed by atoms with Gasteiger partial charge in [-0.25, -0.2) is 0 Å². The van der Waals surface area contributed by atoms with Crippen LogP contribution in [0.15, 0.2) is 60.7 Å². The van der Waals surface area contributed by atoms with E-state index in [4.69, 9.17) is 4.74 Å². The minimum Gasteiger partial charge on any atom is -0.494 e. The standard InChI is InChI=1S/C23H26O/c1-4-20-17(3)23-16-19(13-14-22(23)21(20)5-2)24-15-9-12-18-10-7-6-8-11-18/h6-8,10-11,13-14,16H,3-5,9,12,15H2,1-2H3. The van der Waals surface area contributed by atoms with E-state index in [0.717, 1.165) is 38.0 Å². The summed E-state index contributed by atoms with van der Waals surface area (Å²) in [6, 6.07) is 17.0. The molecule has 0 aliphatic heterocycles. The Hall–Kier alpha value is -2.28. The highest BCUT2D eigenvalue weighted by atomic mass is 16.5. The number of ether oxygens (including phenoxy) is 1. The molecule has 0 aromatic heterocycles. The molecule has 24 heavy (non-hydrogen) atoms. The number of aryl methyl sites for hydroxylation is 1. The van der Waals surface area contributed by atoms with Crippen molar-refractivity contribution in [3.05, 3.63) is 77.4 Å². The van der Waals surface area contributed by atoms with Gasteiger partial charge in [0.05, 0.1) is 6.61 Å². The third kappa shape index (κ3) is 3.31. The van der Waals surface area contributed by atoms with Gasteiger partial charge in [-0.3, -0.25) is 0 Å². The van der Waals surface area contributed by atoms with Gasteiger partial charge < -0.3 is 4.74 Å². The van der Waals surface area contributed by atoms with Crippen LogP contribution >= 0.6 is 0 Å². The summed E-state index contributed by atoms with van der Waals surface area (Å²) in [5, 5.41) is 0. The molecule has 124 valence electrons. The topological polar surface area (TPSA) is 9.23 Å². The lowest BCUT2D eigenvalue weighted by molar-refractivity contribution is 0.311. The molecule has 1 aliphatic rings. The first-order chi connectivity index (χ1) is 11.7. The Balaban J connectivity index is 1.62. The largest absolute Gasteiger partial charge is 0.494 e. The van der Waals surface area contributed by atoms with Crippen LogP contribution in [0.2, 0.25) is 0 Å². The van der Waals surface area contributed by atoms with Gasteiger partial charge in [0.15, 0.2) is 0 Å². The van der Waals surface area contributed by atoms with Gasteiger partial charge in [-0.2, -0.15) is 0 Å². The van der Waals surface area contributed by atoms with E-state index in [9.17, 15) is 0 Å². The Labute approximate surface area is 145 Å². The molecule has 1 heteroatoms. The second kappa shape index (κ2) is 7.53. The van der Waals surface area contributed by atoms with E-state index in [1.54, 1.807) is 0 Å². The third-order valence-electron chi connectivity index (χ3n) is 4.80. The van der Waals surface area contributed by atoms with Gasteiger partial charge in [-0.05, 0) is 71.2 Å². The molecule has 0 heterocycles. The van der Waals surface area contributed by atoms with Crippen LogP contribution in [-0.2, 0) is 6.42 Å². The molecule has 3 rings (SSSR count). The maximum atomic E-state index is 5.98. The monoisotopic (exact) mass is 318 g/mol. The highest BCUT2D eigenvalue weighted by Crippen LogP contribution is 2.44. The fraction of sp³-hybridized carbons (Fsp3) is 0.304. The fourth-order valence-corrected chi connectivity index (χ4v) is 3.57. The van der Waals surface area contributed by atoms with Gasteiger partial charge in [0.2, 0.25) is 0 Å². The Bertz CT molecular complexity index is 753. The van der Waals surface area contributed by atoms with Crippen LogP contribution in [0.5, 0.6) is 5.75 Å². The van der Waals surface area contributed by atoms with Crippen LogP contribution in [0, 0.1) is 0 Å². The van der Waals surface area contributed by atoms with Crippen molar-refractivity contribution >= 4 is 11.1 Å². The average Bonchev–Trinajstić information content (AvgIpc) is 2.90. The molecular weight excluding hydrogens is 292 g/mol. The molecule has 0 saturated carbocycles. The Morgan fingerprint density at radius 3 is 2.33 bits per heavy atom. The van der Waals surface area contributed by atoms with Gasteiger partial charge in [-0.1, -0.05) is 56.8 Å². The zero-order valence-electron chi connectivity index (χ0n) is 14.8. The molecule has 0 amide bonds. The molecule has 0 N–H and O–H groups in total. The Morgan fingerprint density at radius 1 is 0.875 bits per heavy atom. The maximum Gasteiger partial charge on any atom is 0.119 e. The third-order valence-corrected chi connectivity index (χ3v) is 4.80. The minimum atomic E-state index is 0.745. The van der Waals surface area contributed by atoms with Crippen molar-refractivity contribution in [3.63, 3.8) is 0 Å². The zero-order valence-corrected chi connectivity index (χ0v) is 14.8. The van der Waals surface area contributed by atoms with E-state index in [1.807, 2.05) is 0 Å². The van der Waals surface area contributed by atoms with E-state index in [1.165, 1.54) is 33.4 Å². The smallest absolute Gasteiger partial charge is 0.119 e. The summed E-state index contributed by atoms with van der Waals surface area (Å²) in [5.74, 6) is 0.954. The van der Waals surface area contributed by atoms with E-state index < -0.39 is 0 Å². The van der Waals surface area contributed by atoms with E-state index in [-0.39, 0.29) is 0 Å². The Kier molecular flexibility index (Phi) is 5.20. The number of fused-ring (bicyclic) bond motifs is 1. The molecule has 2 aromatic rings. The summed E-state index contributed by atoms with van der Waals surface area (Å²) in [6.45, 7) is 9.49. The first kappa shape index (κ1) is 16.6. The van der Waals surface area contributed by atoms with Crippen LogP contribution in [-0.4, -0.2) is 6.61 Å². The summed E-state index contributed by atoms with van der Waals surface area (Å²) in [4.78, 5) is 0. The summed E-state index contributed by atoms with van der Waals surface area (Å²) in [5.41, 5.74) is 8.01. The van der Waals surface area contributed by atoms with Crippen LogP contribution < -0.4 is 4.74 Å². The number of hydrogen-bond acceptors (Lipinski definition) is 1. The Morgan fingerprint density at radius 2 is 1.62 bits per heavy atom. The molecule has 0 atom stereocenters. The average molecular weight is 318 g/mol. The van der Waals surface area contributed by atoms with E-state index in [0.29, 0.717) is 0 Å². The molecular formula is C23H26O. The molecule has 0 saturated heterocycles. The second-order valence-corrected chi connectivity index (χ2v) is 6.29. The molecule has 2 aromatic carbocycles. The highest BCUT2D eigenvalue weighted by Gasteiger charge is 2.23. The number of benzene rings is 2. The van der Waals surface area contributed by atoms with Crippen molar-refractivity contribution in [1.82, 2.24) is 0 Å². The van der Waals surface area contributed by atoms with Gasteiger partial charge in [0.1, 0.15) is 5.75 Å². The normalized spacial score (nSPS) is 13.3. The summed E-state index contributed by atoms with van der Waals surface area (Å²) in [7, 11) is 0. The van der Waals surface area contributed by atoms with E-state index >= 15 is 0 Å². The predicted molar refractivity (Wildman–Crippen MR) is 103 cm³/mol. The van der Waals surface area contributed by atoms with Gasteiger partial charge >= 0.3 is 0 Å². The molecule has 0 bridgehead atoms. The van der Waals surface area contributed by atoms with Crippen LogP contribution in [0.4, 0.5) is 0 Å². The van der Waals surface area contributed by atoms with Gasteiger partial charge in [-0.15, -0.1) is 0 Å². The van der Waals surface area contributed by atoms with E-state index in [2.05, 4.69) is 69.0 Å². The lowest BCUT2D eigenvalue weighted by atomic mass is 10.0. The first-order valence-electron chi connectivity index (χ1n) is 8.97. The second-order valence-electron chi connectivity index (χ2n) is 6.29. The number of rotatable bonds is 7. The maximum absolute atomic E-state index is 5.98. The number of allylic oxidation sites excluding steroid dienone is 3. The van der Waals surface area contributed by atoms with Crippen LogP contribution in [0.3, 0.4) is 0 Å². The zero-order chi connectivity index (χ0) is 16.9. The quantitative estimate of drug-likeness (QED) is 0.544. The molecule has 0 fully saturated rings. The van der Waals surface area contributed by atoms with Crippen molar-refractivity contribution in [2.24, 2.45) is 0 Å². The van der Waals surface area contributed by atoms with Gasteiger partial charge in [0.25, 0.3) is 0 Å². The molecule has 0 radical (unpaired) electrons. The van der Waals surface area contributed by atoms with Crippen LogP contribution in [0.1, 0.15) is 49.8 Å². The number of hydrogen-bond donors (Lipinski definition) is 0. The van der Waals surface area contributed by atoms with Crippen molar-refractivity contribution < 1.29 is 4.74 Å². The lowest BCUT2D eigenvalue weighted by Gasteiger charge is -2.10. The lowest BCUT2D eigenvalue weighted by Crippen LogP contribution is -2.00. The fourth-order valence-electron chi connectivity index (χ4n) is 3.57. The first-order valence-corrected chi connectivity index (χ1v) is 8.97. The molecule has 1 aliphatic carbocycles. The van der Waals surface area contributed by atoms with Crippen molar-refractivity contribution in [2.45, 2.75) is 39.5 Å². The van der Waals surface area contributed by atoms with Gasteiger partial charge in [0, 0.05) is 0 Å². The molecule has 0 spiro atoms.